The Labute approximate surface area is 80.4 Å². The Hall–Kier alpha value is -0.190. The molecule has 0 aromatic heterocycles. The summed E-state index contributed by atoms with van der Waals surface area (Å²) >= 11 is 0. The quantitative estimate of drug-likeness (QED) is 0.494. The summed E-state index contributed by atoms with van der Waals surface area (Å²) in [5.41, 5.74) is 0. The Morgan fingerprint density at radius 1 is 1.14 bits per heavy atom. The molecule has 0 bridgehead atoms. The van der Waals surface area contributed by atoms with E-state index >= 15 is 0 Å². The molecule has 1 atom stereocenters. The maximum Gasteiger partial charge on any atom is 0.335 e. The normalized spacial score (nSPS) is 16.2. The third kappa shape index (κ3) is 8.41. The lowest BCUT2D eigenvalue weighted by Crippen LogP contribution is -2.00. The first kappa shape index (κ1) is 13.8. The summed E-state index contributed by atoms with van der Waals surface area (Å²) in [6, 6.07) is 0. The number of aliphatic carboxylic acids is 1. The fourth-order valence-corrected chi connectivity index (χ4v) is 4.36. The van der Waals surface area contributed by atoms with Gasteiger partial charge in [0.2, 0.25) is 7.37 Å². The molecular weight excluding hydrogens is 234 g/mol. The van der Waals surface area contributed by atoms with Gasteiger partial charge in [0.15, 0.2) is 0 Å². The van der Waals surface area contributed by atoms with E-state index < -0.39 is 26.8 Å². The van der Waals surface area contributed by atoms with E-state index in [9.17, 15) is 13.9 Å². The molecule has 0 fully saturated rings. The molecule has 0 aliphatic carbocycles. The molecule has 14 heavy (non-hydrogen) atoms. The SMILES string of the molecule is O=C(O)CCCP(=O)(O)CP(=O)(O)O. The fraction of sp³-hybridized carbons (Fsp3) is 0.800. The minimum atomic E-state index is -4.51. The van der Waals surface area contributed by atoms with Gasteiger partial charge in [0.25, 0.3) is 0 Å². The summed E-state index contributed by atoms with van der Waals surface area (Å²) in [6.45, 7) is 0. The van der Waals surface area contributed by atoms with Crippen molar-refractivity contribution in [3.63, 3.8) is 0 Å². The van der Waals surface area contributed by atoms with Gasteiger partial charge in [-0.3, -0.25) is 13.9 Å². The lowest BCUT2D eigenvalue weighted by Gasteiger charge is -2.11. The van der Waals surface area contributed by atoms with Crippen LogP contribution in [0.25, 0.3) is 0 Å². The van der Waals surface area contributed by atoms with Gasteiger partial charge in [0.1, 0.15) is 5.90 Å². The first-order valence-corrected chi connectivity index (χ1v) is 7.52. The summed E-state index contributed by atoms with van der Waals surface area (Å²) in [5.74, 6) is -2.19. The molecule has 0 aliphatic heterocycles. The van der Waals surface area contributed by atoms with Crippen molar-refractivity contribution in [3.8, 4) is 0 Å². The number of hydrogen-bond donors (Lipinski definition) is 4. The summed E-state index contributed by atoms with van der Waals surface area (Å²) in [5, 5.41) is 8.22. The molecule has 1 unspecified atom stereocenters. The van der Waals surface area contributed by atoms with Crippen LogP contribution in [0.1, 0.15) is 12.8 Å². The zero-order valence-corrected chi connectivity index (χ0v) is 9.03. The first-order chi connectivity index (χ1) is 6.12. The molecule has 0 radical (unpaired) electrons. The van der Waals surface area contributed by atoms with Crippen molar-refractivity contribution >= 4 is 20.9 Å². The van der Waals surface area contributed by atoms with Crippen LogP contribution in [0.15, 0.2) is 0 Å². The van der Waals surface area contributed by atoms with Gasteiger partial charge in [-0.1, -0.05) is 0 Å². The molecule has 0 heterocycles. The number of rotatable bonds is 6. The van der Waals surface area contributed by atoms with Gasteiger partial charge in [-0.15, -0.1) is 0 Å². The van der Waals surface area contributed by atoms with Crippen molar-refractivity contribution in [1.82, 2.24) is 0 Å². The van der Waals surface area contributed by atoms with Gasteiger partial charge in [-0.25, -0.2) is 0 Å². The number of carbonyl (C=O) groups is 1. The molecular formula is C5H12O7P2. The second-order valence-electron chi connectivity index (χ2n) is 2.87. The second-order valence-corrected chi connectivity index (χ2v) is 7.47. The van der Waals surface area contributed by atoms with Crippen molar-refractivity contribution in [2.75, 3.05) is 12.1 Å². The van der Waals surface area contributed by atoms with Crippen LogP contribution in [0.3, 0.4) is 0 Å². The Balaban J connectivity index is 4.03. The number of hydrogen-bond acceptors (Lipinski definition) is 3. The van der Waals surface area contributed by atoms with Gasteiger partial charge >= 0.3 is 13.6 Å². The van der Waals surface area contributed by atoms with E-state index in [1.165, 1.54) is 0 Å². The van der Waals surface area contributed by atoms with Gasteiger partial charge < -0.3 is 19.8 Å². The summed E-state index contributed by atoms with van der Waals surface area (Å²) in [6.07, 6.45) is -0.737. The predicted octanol–water partition coefficient (Wildman–Crippen LogP) is 0.257. The predicted molar refractivity (Wildman–Crippen MR) is 48.5 cm³/mol. The molecule has 0 saturated carbocycles. The van der Waals surface area contributed by atoms with Gasteiger partial charge in [0.05, 0.1) is 0 Å². The zero-order valence-electron chi connectivity index (χ0n) is 7.24. The summed E-state index contributed by atoms with van der Waals surface area (Å²) in [7, 11) is -8.41. The van der Waals surface area contributed by atoms with Crippen molar-refractivity contribution in [2.45, 2.75) is 12.8 Å². The van der Waals surface area contributed by atoms with E-state index in [2.05, 4.69) is 0 Å². The maximum atomic E-state index is 11.1. The summed E-state index contributed by atoms with van der Waals surface area (Å²) in [4.78, 5) is 35.9. The van der Waals surface area contributed by atoms with E-state index in [0.717, 1.165) is 0 Å². The first-order valence-electron chi connectivity index (χ1n) is 3.70. The van der Waals surface area contributed by atoms with E-state index in [0.29, 0.717) is 0 Å². The molecule has 4 N–H and O–H groups in total. The lowest BCUT2D eigenvalue weighted by atomic mass is 10.3. The fourth-order valence-electron chi connectivity index (χ4n) is 0.836. The van der Waals surface area contributed by atoms with E-state index in [1.807, 2.05) is 0 Å². The van der Waals surface area contributed by atoms with Crippen LogP contribution in [0.5, 0.6) is 0 Å². The van der Waals surface area contributed by atoms with E-state index in [-0.39, 0.29) is 19.0 Å². The van der Waals surface area contributed by atoms with Gasteiger partial charge in [0, 0.05) is 12.6 Å². The standard InChI is InChI=1S/C5H12O7P2/c6-5(7)2-1-3-13(8,9)4-14(10,11)12/h1-4H2,(H,6,7)(H,8,9)(H2,10,11,12). The second kappa shape index (κ2) is 5.05. The Morgan fingerprint density at radius 3 is 2.00 bits per heavy atom. The minimum Gasteiger partial charge on any atom is -0.481 e. The molecule has 7 nitrogen and oxygen atoms in total. The molecule has 0 amide bonds. The Kier molecular flexibility index (Phi) is 4.98. The van der Waals surface area contributed by atoms with Crippen LogP contribution in [-0.2, 0) is 13.9 Å². The average molecular weight is 246 g/mol. The van der Waals surface area contributed by atoms with Crippen LogP contribution in [0.4, 0.5) is 0 Å². The highest BCUT2D eigenvalue weighted by molar-refractivity contribution is 7.72. The molecule has 0 aromatic rings. The monoisotopic (exact) mass is 246 g/mol. The molecule has 9 heteroatoms. The van der Waals surface area contributed by atoms with Crippen molar-refractivity contribution < 1.29 is 33.7 Å². The van der Waals surface area contributed by atoms with Crippen LogP contribution < -0.4 is 0 Å². The molecule has 0 spiro atoms. The van der Waals surface area contributed by atoms with Crippen LogP contribution in [-0.4, -0.2) is 37.8 Å². The van der Waals surface area contributed by atoms with Crippen LogP contribution >= 0.6 is 15.0 Å². The smallest absolute Gasteiger partial charge is 0.335 e. The van der Waals surface area contributed by atoms with Crippen molar-refractivity contribution in [1.29, 1.82) is 0 Å². The Bertz CT molecular complexity index is 292. The van der Waals surface area contributed by atoms with E-state index in [1.54, 1.807) is 0 Å². The largest absolute Gasteiger partial charge is 0.481 e. The van der Waals surface area contributed by atoms with Crippen molar-refractivity contribution in [2.24, 2.45) is 0 Å². The number of carboxylic acids is 1. The molecule has 84 valence electrons. The molecule has 0 aliphatic rings. The summed E-state index contributed by atoms with van der Waals surface area (Å²) < 4.78 is 21.5. The highest BCUT2D eigenvalue weighted by Crippen LogP contribution is 2.54. The van der Waals surface area contributed by atoms with E-state index in [4.69, 9.17) is 19.8 Å². The minimum absolute atomic E-state index is 0.0664. The van der Waals surface area contributed by atoms with Gasteiger partial charge in [-0.2, -0.15) is 0 Å². The Morgan fingerprint density at radius 2 is 1.64 bits per heavy atom. The highest BCUT2D eigenvalue weighted by atomic mass is 31.2. The maximum absolute atomic E-state index is 11.1. The number of carboxylic acid groups (broad SMARTS) is 1. The third-order valence-electron chi connectivity index (χ3n) is 1.30. The highest BCUT2D eigenvalue weighted by Gasteiger charge is 2.28. The molecule has 0 saturated heterocycles. The van der Waals surface area contributed by atoms with Crippen molar-refractivity contribution in [3.05, 3.63) is 0 Å². The van der Waals surface area contributed by atoms with Crippen LogP contribution in [0.2, 0.25) is 0 Å². The average Bonchev–Trinajstić information content (AvgIpc) is 1.78. The molecule has 0 rings (SSSR count). The lowest BCUT2D eigenvalue weighted by molar-refractivity contribution is -0.137. The third-order valence-corrected chi connectivity index (χ3v) is 5.56. The molecule has 0 aromatic carbocycles. The zero-order chi connectivity index (χ0) is 11.4. The topological polar surface area (TPSA) is 132 Å². The van der Waals surface area contributed by atoms with Gasteiger partial charge in [-0.05, 0) is 6.42 Å². The van der Waals surface area contributed by atoms with Crippen LogP contribution in [0, 0.1) is 0 Å².